The molecule has 0 aliphatic rings. The van der Waals surface area contributed by atoms with E-state index in [1.54, 1.807) is 25.1 Å². The lowest BCUT2D eigenvalue weighted by Crippen LogP contribution is -2.25. The molecule has 0 fully saturated rings. The van der Waals surface area contributed by atoms with Crippen LogP contribution in [0.1, 0.15) is 19.4 Å². The molecule has 90 valence electrons. The Morgan fingerprint density at radius 1 is 1.41 bits per heavy atom. The van der Waals surface area contributed by atoms with Gasteiger partial charge in [0.25, 0.3) is 0 Å². The van der Waals surface area contributed by atoms with Crippen LogP contribution in [-0.2, 0) is 4.79 Å². The number of rotatable bonds is 3. The summed E-state index contributed by atoms with van der Waals surface area (Å²) in [4.78, 5) is 10.9. The number of nitrogens with zero attached hydrogens (tertiary/aromatic N) is 1. The molecule has 0 atom stereocenters. The fraction of sp³-hybridized carbons (Fsp3) is 0.182. The number of esters is 1. The van der Waals surface area contributed by atoms with Crippen molar-refractivity contribution in [1.82, 2.24) is 5.43 Å². The highest BCUT2D eigenvalue weighted by atomic mass is 32.1. The highest BCUT2D eigenvalue weighted by Gasteiger charge is 2.08. The average Bonchev–Trinajstić information content (AvgIpc) is 2.25. The first kappa shape index (κ1) is 13.1. The summed E-state index contributed by atoms with van der Waals surface area (Å²) in [5.74, 6) is 0.0681. The predicted molar refractivity (Wildman–Crippen MR) is 69.9 cm³/mol. The molecular formula is C11H13N3O2S. The molecule has 3 N–H and O–H groups in total. The zero-order valence-corrected chi connectivity index (χ0v) is 10.4. The van der Waals surface area contributed by atoms with Crippen molar-refractivity contribution in [2.45, 2.75) is 13.8 Å². The minimum Gasteiger partial charge on any atom is -0.426 e. The van der Waals surface area contributed by atoms with Crippen LogP contribution in [0.4, 0.5) is 0 Å². The Hall–Kier alpha value is -1.95. The maximum Gasteiger partial charge on any atom is 0.308 e. The Morgan fingerprint density at radius 3 is 2.65 bits per heavy atom. The van der Waals surface area contributed by atoms with Crippen LogP contribution in [0.5, 0.6) is 5.75 Å². The average molecular weight is 251 g/mol. The quantitative estimate of drug-likeness (QED) is 0.277. The molecule has 6 heteroatoms. The van der Waals surface area contributed by atoms with Crippen molar-refractivity contribution in [3.8, 4) is 5.75 Å². The summed E-state index contributed by atoms with van der Waals surface area (Å²) < 4.78 is 5.06. The van der Waals surface area contributed by atoms with Crippen molar-refractivity contribution in [3.05, 3.63) is 29.8 Å². The van der Waals surface area contributed by atoms with E-state index in [9.17, 15) is 4.79 Å². The number of hydrazone groups is 1. The molecule has 0 radical (unpaired) electrons. The molecule has 0 aliphatic carbocycles. The van der Waals surface area contributed by atoms with Crippen LogP contribution < -0.4 is 15.9 Å². The smallest absolute Gasteiger partial charge is 0.308 e. The highest BCUT2D eigenvalue weighted by molar-refractivity contribution is 7.80. The number of hydrogen-bond acceptors (Lipinski definition) is 4. The molecular weight excluding hydrogens is 238 g/mol. The molecule has 0 amide bonds. The van der Waals surface area contributed by atoms with E-state index in [-0.39, 0.29) is 11.1 Å². The van der Waals surface area contributed by atoms with Gasteiger partial charge in [0.15, 0.2) is 5.11 Å². The summed E-state index contributed by atoms with van der Waals surface area (Å²) >= 11 is 4.64. The molecule has 5 nitrogen and oxygen atoms in total. The lowest BCUT2D eigenvalue weighted by molar-refractivity contribution is -0.131. The fourth-order valence-electron chi connectivity index (χ4n) is 1.21. The molecule has 0 aromatic heterocycles. The first-order valence-electron chi connectivity index (χ1n) is 4.88. The van der Waals surface area contributed by atoms with Gasteiger partial charge in [-0.25, -0.2) is 0 Å². The standard InChI is InChI=1S/C11H13N3O2S/c1-7(13-14-11(12)17)9-5-3-4-6-10(9)16-8(2)15/h3-6H,1-2H3,(H3,12,14,17)/b13-7+. The van der Waals surface area contributed by atoms with Crippen LogP contribution in [0.3, 0.4) is 0 Å². The maximum atomic E-state index is 10.9. The molecule has 17 heavy (non-hydrogen) atoms. The summed E-state index contributed by atoms with van der Waals surface area (Å²) in [6.45, 7) is 3.10. The Balaban J connectivity index is 2.99. The van der Waals surface area contributed by atoms with Gasteiger partial charge in [-0.1, -0.05) is 12.1 Å². The largest absolute Gasteiger partial charge is 0.426 e. The van der Waals surface area contributed by atoms with Gasteiger partial charge in [-0.3, -0.25) is 10.2 Å². The molecule has 0 bridgehead atoms. The van der Waals surface area contributed by atoms with Crippen molar-refractivity contribution in [1.29, 1.82) is 0 Å². The zero-order chi connectivity index (χ0) is 12.8. The summed E-state index contributed by atoms with van der Waals surface area (Å²) in [7, 11) is 0. The van der Waals surface area contributed by atoms with Gasteiger partial charge in [0.1, 0.15) is 5.75 Å². The van der Waals surface area contributed by atoms with E-state index in [0.29, 0.717) is 17.0 Å². The number of nitrogens with two attached hydrogens (primary N) is 1. The third-order valence-corrected chi connectivity index (χ3v) is 1.96. The number of para-hydroxylation sites is 1. The van der Waals surface area contributed by atoms with E-state index in [0.717, 1.165) is 0 Å². The van der Waals surface area contributed by atoms with Gasteiger partial charge in [-0.05, 0) is 31.3 Å². The van der Waals surface area contributed by atoms with Crippen LogP contribution >= 0.6 is 12.2 Å². The Kier molecular flexibility index (Phi) is 4.59. The van der Waals surface area contributed by atoms with Crippen molar-refractivity contribution < 1.29 is 9.53 Å². The molecule has 0 aliphatic heterocycles. The Bertz CT molecular complexity index is 472. The highest BCUT2D eigenvalue weighted by Crippen LogP contribution is 2.18. The molecule has 0 heterocycles. The molecule has 0 saturated carbocycles. The summed E-state index contributed by atoms with van der Waals surface area (Å²) in [6.07, 6.45) is 0. The normalized spacial score (nSPS) is 10.8. The van der Waals surface area contributed by atoms with Crippen molar-refractivity contribution >= 4 is 29.0 Å². The fourth-order valence-corrected chi connectivity index (χ4v) is 1.25. The number of nitrogens with one attached hydrogen (secondary N) is 1. The minimum atomic E-state index is -0.382. The first-order valence-corrected chi connectivity index (χ1v) is 5.29. The lowest BCUT2D eigenvalue weighted by atomic mass is 10.1. The van der Waals surface area contributed by atoms with Gasteiger partial charge in [0, 0.05) is 12.5 Å². The Morgan fingerprint density at radius 2 is 2.06 bits per heavy atom. The maximum absolute atomic E-state index is 10.9. The molecule has 1 rings (SSSR count). The second-order valence-electron chi connectivity index (χ2n) is 3.26. The Labute approximate surface area is 105 Å². The number of thiocarbonyl (C=S) groups is 1. The molecule has 0 saturated heterocycles. The van der Waals surface area contributed by atoms with Gasteiger partial charge in [0.2, 0.25) is 0 Å². The van der Waals surface area contributed by atoms with E-state index in [1.807, 2.05) is 6.07 Å². The van der Waals surface area contributed by atoms with Crippen LogP contribution in [0.25, 0.3) is 0 Å². The van der Waals surface area contributed by atoms with Gasteiger partial charge < -0.3 is 10.5 Å². The zero-order valence-electron chi connectivity index (χ0n) is 9.56. The van der Waals surface area contributed by atoms with E-state index in [1.165, 1.54) is 6.92 Å². The van der Waals surface area contributed by atoms with Gasteiger partial charge >= 0.3 is 5.97 Å². The lowest BCUT2D eigenvalue weighted by Gasteiger charge is -2.08. The van der Waals surface area contributed by atoms with Crippen molar-refractivity contribution in [3.63, 3.8) is 0 Å². The number of benzene rings is 1. The predicted octanol–water partition coefficient (Wildman–Crippen LogP) is 1.17. The molecule has 1 aromatic carbocycles. The minimum absolute atomic E-state index is 0.0781. The first-order chi connectivity index (χ1) is 8.00. The van der Waals surface area contributed by atoms with Gasteiger partial charge in [-0.15, -0.1) is 0 Å². The third kappa shape index (κ3) is 4.20. The van der Waals surface area contributed by atoms with Crippen LogP contribution in [0.15, 0.2) is 29.4 Å². The van der Waals surface area contributed by atoms with Crippen LogP contribution in [-0.4, -0.2) is 16.8 Å². The topological polar surface area (TPSA) is 76.7 Å². The third-order valence-electron chi connectivity index (χ3n) is 1.86. The molecule has 0 spiro atoms. The van der Waals surface area contributed by atoms with Crippen LogP contribution in [0.2, 0.25) is 0 Å². The molecule has 0 unspecified atom stereocenters. The number of ether oxygens (including phenoxy) is 1. The molecule has 1 aromatic rings. The SMILES string of the molecule is CC(=O)Oc1ccccc1/C(C)=N/NC(N)=S. The summed E-state index contributed by atoms with van der Waals surface area (Å²) in [6, 6.07) is 7.08. The second-order valence-corrected chi connectivity index (χ2v) is 3.70. The number of carbonyl (C=O) groups excluding carboxylic acids is 1. The second kappa shape index (κ2) is 5.95. The summed E-state index contributed by atoms with van der Waals surface area (Å²) in [5.41, 5.74) is 9.07. The number of hydrogen-bond donors (Lipinski definition) is 2. The van der Waals surface area contributed by atoms with Gasteiger partial charge in [0.05, 0.1) is 5.71 Å². The van der Waals surface area contributed by atoms with Crippen molar-refractivity contribution in [2.75, 3.05) is 0 Å². The van der Waals surface area contributed by atoms with Crippen molar-refractivity contribution in [2.24, 2.45) is 10.8 Å². The van der Waals surface area contributed by atoms with E-state index < -0.39 is 0 Å². The van der Waals surface area contributed by atoms with E-state index in [2.05, 4.69) is 22.7 Å². The van der Waals surface area contributed by atoms with E-state index in [4.69, 9.17) is 10.5 Å². The van der Waals surface area contributed by atoms with Crippen LogP contribution in [0, 0.1) is 0 Å². The van der Waals surface area contributed by atoms with Gasteiger partial charge in [-0.2, -0.15) is 5.10 Å². The van der Waals surface area contributed by atoms with E-state index >= 15 is 0 Å². The summed E-state index contributed by atoms with van der Waals surface area (Å²) in [5, 5.41) is 4.05. The monoisotopic (exact) mass is 251 g/mol. The number of carbonyl (C=O) groups is 1.